The molecule has 1 rings (SSSR count). The van der Waals surface area contributed by atoms with E-state index < -0.39 is 0 Å². The van der Waals surface area contributed by atoms with Gasteiger partial charge in [-0.15, -0.1) is 6.58 Å². The Morgan fingerprint density at radius 3 is 3.14 bits per heavy atom. The van der Waals surface area contributed by atoms with Crippen molar-refractivity contribution in [3.8, 4) is 0 Å². The van der Waals surface area contributed by atoms with Crippen LogP contribution in [0.4, 0.5) is 0 Å². The Bertz CT molecular complexity index is 186. The van der Waals surface area contributed by atoms with Crippen molar-refractivity contribution in [2.75, 3.05) is 19.7 Å². The van der Waals surface area contributed by atoms with Crippen LogP contribution in [0.15, 0.2) is 12.7 Å². The van der Waals surface area contributed by atoms with Crippen LogP contribution in [0.5, 0.6) is 0 Å². The lowest BCUT2D eigenvalue weighted by atomic mass is 10.1. The zero-order chi connectivity index (χ0) is 10.2. The lowest BCUT2D eigenvalue weighted by Crippen LogP contribution is -2.23. The van der Waals surface area contributed by atoms with Gasteiger partial charge in [-0.05, 0) is 19.3 Å². The van der Waals surface area contributed by atoms with Gasteiger partial charge in [0.05, 0.1) is 12.6 Å². The molecule has 1 saturated heterocycles. The Balaban J connectivity index is 1.99. The highest BCUT2D eigenvalue weighted by atomic mass is 16.5. The largest absolute Gasteiger partial charge is 0.378 e. The van der Waals surface area contributed by atoms with E-state index in [4.69, 9.17) is 4.74 Å². The third kappa shape index (κ3) is 4.53. The van der Waals surface area contributed by atoms with Gasteiger partial charge in [0, 0.05) is 19.6 Å². The molecular formula is C11H19NO2. The summed E-state index contributed by atoms with van der Waals surface area (Å²) in [7, 11) is 0. The second-order valence-corrected chi connectivity index (χ2v) is 3.63. The summed E-state index contributed by atoms with van der Waals surface area (Å²) in [6.45, 7) is 5.60. The fourth-order valence-electron chi connectivity index (χ4n) is 1.60. The van der Waals surface area contributed by atoms with E-state index in [0.717, 1.165) is 25.9 Å². The molecule has 0 spiro atoms. The quantitative estimate of drug-likeness (QED) is 0.493. The molecule has 0 aromatic rings. The number of carbonyl (C=O) groups is 1. The highest BCUT2D eigenvalue weighted by Crippen LogP contribution is 2.16. The number of rotatable bonds is 7. The number of hydrogen-bond donors (Lipinski definition) is 1. The molecule has 3 heteroatoms. The normalized spacial score (nSPS) is 21.0. The maximum atomic E-state index is 11.3. The zero-order valence-corrected chi connectivity index (χ0v) is 8.63. The van der Waals surface area contributed by atoms with E-state index in [2.05, 4.69) is 11.9 Å². The van der Waals surface area contributed by atoms with Crippen LogP contribution in [0.1, 0.15) is 25.7 Å². The van der Waals surface area contributed by atoms with E-state index in [1.807, 2.05) is 0 Å². The molecule has 1 unspecified atom stereocenters. The third-order valence-electron chi connectivity index (χ3n) is 2.38. The Morgan fingerprint density at radius 1 is 1.64 bits per heavy atom. The molecule has 1 fully saturated rings. The summed E-state index contributed by atoms with van der Waals surface area (Å²) in [4.78, 5) is 11.3. The number of ether oxygens (including phenoxy) is 1. The molecular weight excluding hydrogens is 178 g/mol. The average molecular weight is 197 g/mol. The molecule has 0 radical (unpaired) electrons. The van der Waals surface area contributed by atoms with E-state index in [0.29, 0.717) is 25.6 Å². The maximum absolute atomic E-state index is 11.3. The lowest BCUT2D eigenvalue weighted by molar-refractivity contribution is -0.118. The standard InChI is InChI=1S/C11H19NO2/c1-2-7-12-9-10(13)5-6-11-4-3-8-14-11/h2,11-12H,1,3-9H2. The zero-order valence-electron chi connectivity index (χ0n) is 8.63. The van der Waals surface area contributed by atoms with Gasteiger partial charge in [-0.1, -0.05) is 6.08 Å². The minimum Gasteiger partial charge on any atom is -0.378 e. The third-order valence-corrected chi connectivity index (χ3v) is 2.38. The molecule has 0 bridgehead atoms. The number of hydrogen-bond acceptors (Lipinski definition) is 3. The van der Waals surface area contributed by atoms with Crippen LogP contribution in [-0.4, -0.2) is 31.6 Å². The Kier molecular flexibility index (Phi) is 5.49. The number of carbonyl (C=O) groups excluding carboxylic acids is 1. The Morgan fingerprint density at radius 2 is 2.50 bits per heavy atom. The minimum atomic E-state index is 0.266. The second kappa shape index (κ2) is 6.74. The van der Waals surface area contributed by atoms with Crippen LogP contribution < -0.4 is 5.32 Å². The van der Waals surface area contributed by atoms with Crippen LogP contribution in [0, 0.1) is 0 Å². The molecule has 1 aliphatic heterocycles. The summed E-state index contributed by atoms with van der Waals surface area (Å²) >= 11 is 0. The van der Waals surface area contributed by atoms with Crippen LogP contribution in [0.2, 0.25) is 0 Å². The summed E-state index contributed by atoms with van der Waals surface area (Å²) in [6, 6.07) is 0. The van der Waals surface area contributed by atoms with Crippen molar-refractivity contribution in [3.05, 3.63) is 12.7 Å². The Hall–Kier alpha value is -0.670. The smallest absolute Gasteiger partial charge is 0.146 e. The fourth-order valence-corrected chi connectivity index (χ4v) is 1.60. The van der Waals surface area contributed by atoms with Crippen LogP contribution >= 0.6 is 0 Å². The van der Waals surface area contributed by atoms with Crippen molar-refractivity contribution in [1.82, 2.24) is 5.32 Å². The molecule has 3 nitrogen and oxygen atoms in total. The van der Waals surface area contributed by atoms with Gasteiger partial charge in [-0.25, -0.2) is 0 Å². The van der Waals surface area contributed by atoms with E-state index in [1.54, 1.807) is 6.08 Å². The topological polar surface area (TPSA) is 38.3 Å². The van der Waals surface area contributed by atoms with Crippen molar-refractivity contribution in [1.29, 1.82) is 0 Å². The number of Topliss-reactive ketones (excluding diaryl/α,β-unsaturated/α-hetero) is 1. The van der Waals surface area contributed by atoms with Crippen molar-refractivity contribution in [2.45, 2.75) is 31.8 Å². The van der Waals surface area contributed by atoms with E-state index >= 15 is 0 Å². The fraction of sp³-hybridized carbons (Fsp3) is 0.727. The van der Waals surface area contributed by atoms with E-state index in [1.165, 1.54) is 0 Å². The van der Waals surface area contributed by atoms with Gasteiger partial charge in [0.15, 0.2) is 0 Å². The average Bonchev–Trinajstić information content (AvgIpc) is 2.68. The molecule has 0 amide bonds. The molecule has 0 aliphatic carbocycles. The van der Waals surface area contributed by atoms with Gasteiger partial charge in [0.25, 0.3) is 0 Å². The highest BCUT2D eigenvalue weighted by molar-refractivity contribution is 5.80. The second-order valence-electron chi connectivity index (χ2n) is 3.63. The van der Waals surface area contributed by atoms with Gasteiger partial charge in [0.1, 0.15) is 5.78 Å². The van der Waals surface area contributed by atoms with E-state index in [-0.39, 0.29) is 5.78 Å². The van der Waals surface area contributed by atoms with Crippen molar-refractivity contribution in [3.63, 3.8) is 0 Å². The first-order valence-electron chi connectivity index (χ1n) is 5.28. The summed E-state index contributed by atoms with van der Waals surface area (Å²) in [5.74, 6) is 0.266. The molecule has 14 heavy (non-hydrogen) atoms. The predicted octanol–water partition coefficient (Wildman–Crippen LogP) is 1.29. The van der Waals surface area contributed by atoms with Gasteiger partial charge in [0.2, 0.25) is 0 Å². The molecule has 1 N–H and O–H groups in total. The van der Waals surface area contributed by atoms with Gasteiger partial charge < -0.3 is 10.1 Å². The highest BCUT2D eigenvalue weighted by Gasteiger charge is 2.16. The molecule has 0 aromatic heterocycles. The predicted molar refractivity (Wildman–Crippen MR) is 56.3 cm³/mol. The lowest BCUT2D eigenvalue weighted by Gasteiger charge is -2.07. The minimum absolute atomic E-state index is 0.266. The van der Waals surface area contributed by atoms with Crippen molar-refractivity contribution >= 4 is 5.78 Å². The van der Waals surface area contributed by atoms with Crippen LogP contribution in [0.25, 0.3) is 0 Å². The molecule has 0 saturated carbocycles. The molecule has 1 atom stereocenters. The van der Waals surface area contributed by atoms with Gasteiger partial charge in [-0.3, -0.25) is 4.79 Å². The molecule has 80 valence electrons. The molecule has 1 aliphatic rings. The van der Waals surface area contributed by atoms with Crippen LogP contribution in [-0.2, 0) is 9.53 Å². The number of ketones is 1. The SMILES string of the molecule is C=CCNCC(=O)CCC1CCCO1. The maximum Gasteiger partial charge on any atom is 0.146 e. The van der Waals surface area contributed by atoms with Crippen LogP contribution in [0.3, 0.4) is 0 Å². The first-order valence-corrected chi connectivity index (χ1v) is 5.28. The first kappa shape index (κ1) is 11.4. The van der Waals surface area contributed by atoms with E-state index in [9.17, 15) is 4.79 Å². The molecule has 1 heterocycles. The molecule has 0 aromatic carbocycles. The first-order chi connectivity index (χ1) is 6.83. The summed E-state index contributed by atoms with van der Waals surface area (Å²) in [6.07, 6.45) is 5.87. The monoisotopic (exact) mass is 197 g/mol. The van der Waals surface area contributed by atoms with Gasteiger partial charge >= 0.3 is 0 Å². The summed E-state index contributed by atoms with van der Waals surface area (Å²) < 4.78 is 5.44. The summed E-state index contributed by atoms with van der Waals surface area (Å²) in [5.41, 5.74) is 0. The Labute approximate surface area is 85.5 Å². The van der Waals surface area contributed by atoms with Crippen molar-refractivity contribution in [2.24, 2.45) is 0 Å². The van der Waals surface area contributed by atoms with Crippen molar-refractivity contribution < 1.29 is 9.53 Å². The number of nitrogens with one attached hydrogen (secondary N) is 1. The van der Waals surface area contributed by atoms with Gasteiger partial charge in [-0.2, -0.15) is 0 Å². The summed E-state index contributed by atoms with van der Waals surface area (Å²) in [5, 5.41) is 3.00.